The van der Waals surface area contributed by atoms with E-state index in [1.54, 1.807) is 36.9 Å². The average Bonchev–Trinajstić information content (AvgIpc) is 3.42. The van der Waals surface area contributed by atoms with Crippen molar-refractivity contribution in [1.29, 1.82) is 0 Å². The first kappa shape index (κ1) is 20.3. The standard InChI is InChI=1S/C19H26N2O4S/c1-12-5-4-6-14(11-12)18(23)21-16(9-10-26-3)19(24)25-13(2)17(22)20-15-7-8-15/h4-6,11,13,15-16H,7-10H2,1-3H3,(H,20,22)(H,21,23)/t13-,16+/m1/s1. The smallest absolute Gasteiger partial charge is 0.329 e. The van der Waals surface area contributed by atoms with Crippen molar-refractivity contribution < 1.29 is 19.1 Å². The lowest BCUT2D eigenvalue weighted by molar-refractivity contribution is -0.156. The number of rotatable bonds is 9. The van der Waals surface area contributed by atoms with Crippen LogP contribution in [0.5, 0.6) is 0 Å². The highest BCUT2D eigenvalue weighted by atomic mass is 32.2. The molecule has 1 fully saturated rings. The first-order chi connectivity index (χ1) is 12.4. The SMILES string of the molecule is CSCC[C@H](NC(=O)c1cccc(C)c1)C(=O)O[C@H](C)C(=O)NC1CC1. The number of ether oxygens (including phenoxy) is 1. The van der Waals surface area contributed by atoms with Crippen molar-refractivity contribution in [3.8, 4) is 0 Å². The molecule has 2 N–H and O–H groups in total. The third-order valence-electron chi connectivity index (χ3n) is 4.07. The summed E-state index contributed by atoms with van der Waals surface area (Å²) >= 11 is 1.58. The zero-order chi connectivity index (χ0) is 19.1. The second-order valence-corrected chi connectivity index (χ2v) is 7.52. The van der Waals surface area contributed by atoms with Gasteiger partial charge in [-0.05, 0) is 57.3 Å². The maximum absolute atomic E-state index is 12.5. The number of hydrogen-bond donors (Lipinski definition) is 2. The van der Waals surface area contributed by atoms with Crippen LogP contribution in [0.2, 0.25) is 0 Å². The van der Waals surface area contributed by atoms with E-state index in [0.29, 0.717) is 17.7 Å². The summed E-state index contributed by atoms with van der Waals surface area (Å²) in [5, 5.41) is 5.54. The minimum atomic E-state index is -0.879. The molecule has 1 aliphatic carbocycles. The fourth-order valence-electron chi connectivity index (χ4n) is 2.37. The second-order valence-electron chi connectivity index (χ2n) is 6.54. The maximum Gasteiger partial charge on any atom is 0.329 e. The molecule has 0 radical (unpaired) electrons. The Kier molecular flexibility index (Phi) is 7.50. The van der Waals surface area contributed by atoms with Crippen LogP contribution in [0, 0.1) is 6.92 Å². The molecule has 6 nitrogen and oxygen atoms in total. The van der Waals surface area contributed by atoms with Crippen LogP contribution in [0.1, 0.15) is 42.1 Å². The number of nitrogens with one attached hydrogen (secondary N) is 2. The minimum absolute atomic E-state index is 0.206. The van der Waals surface area contributed by atoms with E-state index in [1.165, 1.54) is 0 Å². The van der Waals surface area contributed by atoms with Gasteiger partial charge >= 0.3 is 5.97 Å². The van der Waals surface area contributed by atoms with E-state index in [9.17, 15) is 14.4 Å². The predicted octanol–water partition coefficient (Wildman–Crippen LogP) is 2.06. The van der Waals surface area contributed by atoms with Crippen molar-refractivity contribution in [2.45, 2.75) is 51.3 Å². The predicted molar refractivity (Wildman–Crippen MR) is 102 cm³/mol. The molecule has 0 spiro atoms. The topological polar surface area (TPSA) is 84.5 Å². The van der Waals surface area contributed by atoms with Crippen LogP contribution in [0.3, 0.4) is 0 Å². The quantitative estimate of drug-likeness (QED) is 0.643. The van der Waals surface area contributed by atoms with Crippen LogP contribution in [-0.4, -0.2) is 48.0 Å². The first-order valence-electron chi connectivity index (χ1n) is 8.78. The molecule has 1 saturated carbocycles. The van der Waals surface area contributed by atoms with Crippen molar-refractivity contribution in [3.63, 3.8) is 0 Å². The Morgan fingerprint density at radius 1 is 1.31 bits per heavy atom. The molecular formula is C19H26N2O4S. The van der Waals surface area contributed by atoms with Crippen molar-refractivity contribution in [2.75, 3.05) is 12.0 Å². The number of esters is 1. The van der Waals surface area contributed by atoms with Crippen LogP contribution in [0.15, 0.2) is 24.3 Å². The molecule has 0 bridgehead atoms. The van der Waals surface area contributed by atoms with Crippen LogP contribution in [-0.2, 0) is 14.3 Å². The Morgan fingerprint density at radius 3 is 2.65 bits per heavy atom. The van der Waals surface area contributed by atoms with Gasteiger partial charge in [-0.15, -0.1) is 0 Å². The fourth-order valence-corrected chi connectivity index (χ4v) is 2.84. The Hall–Kier alpha value is -2.02. The summed E-state index contributed by atoms with van der Waals surface area (Å²) in [7, 11) is 0. The molecule has 1 aliphatic rings. The summed E-state index contributed by atoms with van der Waals surface area (Å²) in [6.45, 7) is 3.44. The minimum Gasteiger partial charge on any atom is -0.451 e. The molecule has 0 saturated heterocycles. The van der Waals surface area contributed by atoms with Crippen molar-refractivity contribution >= 4 is 29.5 Å². The highest BCUT2D eigenvalue weighted by Crippen LogP contribution is 2.19. The molecule has 0 aromatic heterocycles. The lowest BCUT2D eigenvalue weighted by Crippen LogP contribution is -2.45. The third-order valence-corrected chi connectivity index (χ3v) is 4.71. The van der Waals surface area contributed by atoms with Crippen molar-refractivity contribution in [3.05, 3.63) is 35.4 Å². The lowest BCUT2D eigenvalue weighted by atomic mass is 10.1. The summed E-state index contributed by atoms with van der Waals surface area (Å²) in [6.07, 6.45) is 3.42. The Balaban J connectivity index is 1.96. The lowest BCUT2D eigenvalue weighted by Gasteiger charge is -2.20. The largest absolute Gasteiger partial charge is 0.451 e. The van der Waals surface area contributed by atoms with Gasteiger partial charge in [-0.1, -0.05) is 17.7 Å². The molecule has 2 atom stereocenters. The summed E-state index contributed by atoms with van der Waals surface area (Å²) in [5.41, 5.74) is 1.46. The van der Waals surface area contributed by atoms with Gasteiger partial charge in [-0.2, -0.15) is 11.8 Å². The molecule has 1 aromatic carbocycles. The monoisotopic (exact) mass is 378 g/mol. The molecule has 0 aliphatic heterocycles. The second kappa shape index (κ2) is 9.62. The number of carbonyl (C=O) groups is 3. The maximum atomic E-state index is 12.5. The molecule has 7 heteroatoms. The van der Waals surface area contributed by atoms with Gasteiger partial charge in [0.2, 0.25) is 0 Å². The van der Waals surface area contributed by atoms with Gasteiger partial charge < -0.3 is 15.4 Å². The van der Waals surface area contributed by atoms with Crippen LogP contribution >= 0.6 is 11.8 Å². The first-order valence-corrected chi connectivity index (χ1v) is 10.2. The van der Waals surface area contributed by atoms with Gasteiger partial charge in [0.1, 0.15) is 6.04 Å². The van der Waals surface area contributed by atoms with Gasteiger partial charge in [0.05, 0.1) is 0 Å². The molecule has 142 valence electrons. The third kappa shape index (κ3) is 6.37. The zero-order valence-corrected chi connectivity index (χ0v) is 16.2. The van der Waals surface area contributed by atoms with Crippen molar-refractivity contribution in [1.82, 2.24) is 10.6 Å². The van der Waals surface area contributed by atoms with E-state index in [2.05, 4.69) is 10.6 Å². The molecule has 0 heterocycles. The normalized spacial score (nSPS) is 15.7. The van der Waals surface area contributed by atoms with Gasteiger partial charge in [0.15, 0.2) is 6.10 Å². The Bertz CT molecular complexity index is 661. The number of aryl methyl sites for hydroxylation is 1. The number of amides is 2. The van der Waals surface area contributed by atoms with Crippen LogP contribution in [0.4, 0.5) is 0 Å². The number of hydrogen-bond acceptors (Lipinski definition) is 5. The highest BCUT2D eigenvalue weighted by Gasteiger charge is 2.29. The zero-order valence-electron chi connectivity index (χ0n) is 15.4. The Morgan fingerprint density at radius 2 is 2.04 bits per heavy atom. The van der Waals surface area contributed by atoms with E-state index in [-0.39, 0.29) is 17.9 Å². The summed E-state index contributed by atoms with van der Waals surface area (Å²) < 4.78 is 5.29. The molecule has 1 aromatic rings. The van der Waals surface area contributed by atoms with Crippen LogP contribution < -0.4 is 10.6 Å². The van der Waals surface area contributed by atoms with Crippen LogP contribution in [0.25, 0.3) is 0 Å². The molecule has 26 heavy (non-hydrogen) atoms. The fraction of sp³-hybridized carbons (Fsp3) is 0.526. The van der Waals surface area contributed by atoms with E-state index in [1.807, 2.05) is 19.2 Å². The van der Waals surface area contributed by atoms with E-state index >= 15 is 0 Å². The van der Waals surface area contributed by atoms with Gasteiger partial charge in [0.25, 0.3) is 11.8 Å². The molecule has 0 unspecified atom stereocenters. The number of benzene rings is 1. The highest BCUT2D eigenvalue weighted by molar-refractivity contribution is 7.98. The average molecular weight is 378 g/mol. The van der Waals surface area contributed by atoms with E-state index in [4.69, 9.17) is 4.74 Å². The number of thioether (sulfide) groups is 1. The summed E-state index contributed by atoms with van der Waals surface area (Å²) in [5.74, 6) is -0.518. The summed E-state index contributed by atoms with van der Waals surface area (Å²) in [6, 6.07) is 6.58. The van der Waals surface area contributed by atoms with Crippen molar-refractivity contribution in [2.24, 2.45) is 0 Å². The van der Waals surface area contributed by atoms with E-state index < -0.39 is 18.1 Å². The van der Waals surface area contributed by atoms with Gasteiger partial charge in [0, 0.05) is 11.6 Å². The molecular weight excluding hydrogens is 352 g/mol. The Labute approximate surface area is 158 Å². The number of carbonyl (C=O) groups excluding carboxylic acids is 3. The summed E-state index contributed by atoms with van der Waals surface area (Å²) in [4.78, 5) is 36.9. The van der Waals surface area contributed by atoms with Gasteiger partial charge in [-0.3, -0.25) is 9.59 Å². The van der Waals surface area contributed by atoms with E-state index in [0.717, 1.165) is 18.4 Å². The molecule has 2 rings (SSSR count). The van der Waals surface area contributed by atoms with Gasteiger partial charge in [-0.25, -0.2) is 4.79 Å². The molecule has 2 amide bonds.